The van der Waals surface area contributed by atoms with Gasteiger partial charge in [0.25, 0.3) is 0 Å². The highest BCUT2D eigenvalue weighted by molar-refractivity contribution is 5.78. The zero-order chi connectivity index (χ0) is 12.0. The summed E-state index contributed by atoms with van der Waals surface area (Å²) in [5.41, 5.74) is 0. The first-order chi connectivity index (χ1) is 7.69. The van der Waals surface area contributed by atoms with Crippen LogP contribution in [0.4, 0.5) is 0 Å². The lowest BCUT2D eigenvalue weighted by atomic mass is 10.1. The first kappa shape index (κ1) is 13.4. The lowest BCUT2D eigenvalue weighted by molar-refractivity contribution is -0.143. The van der Waals surface area contributed by atoms with E-state index in [1.807, 2.05) is 13.8 Å². The number of aliphatic hydroxyl groups is 1. The molecule has 0 aromatic carbocycles. The highest BCUT2D eigenvalue weighted by atomic mass is 16.5. The zero-order valence-corrected chi connectivity index (χ0v) is 10.1. The van der Waals surface area contributed by atoms with E-state index in [4.69, 9.17) is 9.84 Å². The molecule has 1 rings (SSSR count). The highest BCUT2D eigenvalue weighted by Crippen LogP contribution is 2.09. The number of carbonyl (C=O) groups excluding carboxylic acids is 1. The molecule has 0 bridgehead atoms. The third kappa shape index (κ3) is 3.73. The molecular formula is C11H22N2O3. The predicted molar refractivity (Wildman–Crippen MR) is 61.1 cm³/mol. The molecule has 2 N–H and O–H groups in total. The van der Waals surface area contributed by atoms with Crippen molar-refractivity contribution in [3.05, 3.63) is 0 Å². The second-order valence-corrected chi connectivity index (χ2v) is 4.17. The minimum Gasteiger partial charge on any atom is -0.394 e. The Kier molecular flexibility index (Phi) is 5.73. The molecule has 0 aromatic heterocycles. The Morgan fingerprint density at radius 2 is 2.44 bits per heavy atom. The van der Waals surface area contributed by atoms with Gasteiger partial charge in [-0.2, -0.15) is 0 Å². The number of aliphatic hydroxyl groups excluding tert-OH is 1. The number of ether oxygens (including phenoxy) is 1. The summed E-state index contributed by atoms with van der Waals surface area (Å²) in [7, 11) is 0. The molecule has 0 aromatic rings. The molecule has 2 atom stereocenters. The second-order valence-electron chi connectivity index (χ2n) is 4.17. The molecule has 5 nitrogen and oxygen atoms in total. The molecule has 1 fully saturated rings. The summed E-state index contributed by atoms with van der Waals surface area (Å²) in [4.78, 5) is 13.8. The van der Waals surface area contributed by atoms with Gasteiger partial charge in [-0.3, -0.25) is 4.79 Å². The van der Waals surface area contributed by atoms with Crippen molar-refractivity contribution < 1.29 is 14.6 Å². The third-order valence-electron chi connectivity index (χ3n) is 2.78. The smallest absolute Gasteiger partial charge is 0.226 e. The topological polar surface area (TPSA) is 61.8 Å². The molecule has 0 aliphatic carbocycles. The summed E-state index contributed by atoms with van der Waals surface area (Å²) in [5, 5.41) is 12.2. The fraction of sp³-hybridized carbons (Fsp3) is 0.909. The van der Waals surface area contributed by atoms with Crippen LogP contribution in [0.5, 0.6) is 0 Å². The molecular weight excluding hydrogens is 208 g/mol. The summed E-state index contributed by atoms with van der Waals surface area (Å²) in [6.45, 7) is 7.16. The van der Waals surface area contributed by atoms with Crippen LogP contribution in [-0.4, -0.2) is 61.4 Å². The number of carbonyl (C=O) groups is 1. The Morgan fingerprint density at radius 1 is 1.69 bits per heavy atom. The maximum atomic E-state index is 12.0. The van der Waals surface area contributed by atoms with E-state index in [0.717, 1.165) is 6.54 Å². The first-order valence-corrected chi connectivity index (χ1v) is 5.91. The Bertz CT molecular complexity index is 223. The minimum atomic E-state index is -0.218. The molecule has 5 heteroatoms. The summed E-state index contributed by atoms with van der Waals surface area (Å²) in [6.07, 6.45) is -0.218. The van der Waals surface area contributed by atoms with E-state index < -0.39 is 0 Å². The zero-order valence-electron chi connectivity index (χ0n) is 10.1. The standard InChI is InChI=1S/C11H22N2O3/c1-3-12-6-9(2)11(15)13-4-5-16-10(7-13)8-14/h9-10,12,14H,3-8H2,1-2H3. The van der Waals surface area contributed by atoms with Crippen LogP contribution >= 0.6 is 0 Å². The second kappa shape index (κ2) is 6.83. The van der Waals surface area contributed by atoms with E-state index in [1.54, 1.807) is 4.90 Å². The maximum absolute atomic E-state index is 12.0. The molecule has 0 spiro atoms. The Labute approximate surface area is 96.8 Å². The normalized spacial score (nSPS) is 23.2. The van der Waals surface area contributed by atoms with Crippen molar-refractivity contribution in [2.45, 2.75) is 20.0 Å². The number of rotatable bonds is 5. The Balaban J connectivity index is 2.40. The van der Waals surface area contributed by atoms with Gasteiger partial charge in [-0.25, -0.2) is 0 Å². The van der Waals surface area contributed by atoms with E-state index in [9.17, 15) is 4.79 Å². The van der Waals surface area contributed by atoms with Crippen molar-refractivity contribution in [1.29, 1.82) is 0 Å². The molecule has 1 saturated heterocycles. The summed E-state index contributed by atoms with van der Waals surface area (Å²) in [5.74, 6) is 0.125. The number of amides is 1. The van der Waals surface area contributed by atoms with Crippen LogP contribution in [0.3, 0.4) is 0 Å². The Morgan fingerprint density at radius 3 is 3.06 bits per heavy atom. The van der Waals surface area contributed by atoms with Crippen LogP contribution in [0.2, 0.25) is 0 Å². The van der Waals surface area contributed by atoms with Gasteiger partial charge in [-0.05, 0) is 6.54 Å². The van der Waals surface area contributed by atoms with Crippen LogP contribution in [0.25, 0.3) is 0 Å². The largest absolute Gasteiger partial charge is 0.394 e. The van der Waals surface area contributed by atoms with E-state index in [2.05, 4.69) is 5.32 Å². The van der Waals surface area contributed by atoms with Crippen LogP contribution in [0, 0.1) is 5.92 Å². The van der Waals surface area contributed by atoms with Gasteiger partial charge in [0, 0.05) is 25.6 Å². The van der Waals surface area contributed by atoms with Gasteiger partial charge in [-0.1, -0.05) is 13.8 Å². The van der Waals surface area contributed by atoms with Crippen LogP contribution < -0.4 is 5.32 Å². The quantitative estimate of drug-likeness (QED) is 0.665. The predicted octanol–water partition coefficient (Wildman–Crippen LogP) is -0.548. The number of nitrogens with one attached hydrogen (secondary N) is 1. The van der Waals surface area contributed by atoms with Crippen LogP contribution in [-0.2, 0) is 9.53 Å². The minimum absolute atomic E-state index is 0.0163. The highest BCUT2D eigenvalue weighted by Gasteiger charge is 2.26. The fourth-order valence-corrected chi connectivity index (χ4v) is 1.79. The van der Waals surface area contributed by atoms with Crippen LogP contribution in [0.15, 0.2) is 0 Å². The molecule has 1 heterocycles. The van der Waals surface area contributed by atoms with Gasteiger partial charge in [0.1, 0.15) is 0 Å². The average molecular weight is 230 g/mol. The summed E-state index contributed by atoms with van der Waals surface area (Å²) < 4.78 is 5.31. The number of hydrogen-bond acceptors (Lipinski definition) is 4. The van der Waals surface area contributed by atoms with E-state index >= 15 is 0 Å². The first-order valence-electron chi connectivity index (χ1n) is 5.91. The van der Waals surface area contributed by atoms with Crippen molar-refractivity contribution in [2.24, 2.45) is 5.92 Å². The average Bonchev–Trinajstić information content (AvgIpc) is 2.35. The van der Waals surface area contributed by atoms with Crippen LogP contribution in [0.1, 0.15) is 13.8 Å². The molecule has 0 saturated carbocycles. The fourth-order valence-electron chi connectivity index (χ4n) is 1.79. The van der Waals surface area contributed by atoms with E-state index in [0.29, 0.717) is 26.2 Å². The molecule has 2 unspecified atom stereocenters. The van der Waals surface area contributed by atoms with Gasteiger partial charge >= 0.3 is 0 Å². The molecule has 0 radical (unpaired) electrons. The van der Waals surface area contributed by atoms with Crippen molar-refractivity contribution in [2.75, 3.05) is 39.4 Å². The molecule has 94 valence electrons. The van der Waals surface area contributed by atoms with E-state index in [-0.39, 0.29) is 24.5 Å². The van der Waals surface area contributed by atoms with Gasteiger partial charge < -0.3 is 20.1 Å². The number of hydrogen-bond donors (Lipinski definition) is 2. The van der Waals surface area contributed by atoms with Gasteiger partial charge in [-0.15, -0.1) is 0 Å². The Hall–Kier alpha value is -0.650. The van der Waals surface area contributed by atoms with Crippen molar-refractivity contribution >= 4 is 5.91 Å². The van der Waals surface area contributed by atoms with Crippen molar-refractivity contribution in [3.63, 3.8) is 0 Å². The number of nitrogens with zero attached hydrogens (tertiary/aromatic N) is 1. The molecule has 16 heavy (non-hydrogen) atoms. The molecule has 1 aliphatic rings. The number of morpholine rings is 1. The SMILES string of the molecule is CCNCC(C)C(=O)N1CCOC(CO)C1. The maximum Gasteiger partial charge on any atom is 0.226 e. The van der Waals surface area contributed by atoms with Crippen molar-refractivity contribution in [1.82, 2.24) is 10.2 Å². The van der Waals surface area contributed by atoms with Gasteiger partial charge in [0.05, 0.1) is 19.3 Å². The van der Waals surface area contributed by atoms with Crippen molar-refractivity contribution in [3.8, 4) is 0 Å². The third-order valence-corrected chi connectivity index (χ3v) is 2.78. The van der Waals surface area contributed by atoms with Gasteiger partial charge in [0.2, 0.25) is 5.91 Å². The lowest BCUT2D eigenvalue weighted by Gasteiger charge is -2.33. The summed E-state index contributed by atoms with van der Waals surface area (Å²) in [6, 6.07) is 0. The lowest BCUT2D eigenvalue weighted by Crippen LogP contribution is -2.49. The monoisotopic (exact) mass is 230 g/mol. The molecule has 1 aliphatic heterocycles. The summed E-state index contributed by atoms with van der Waals surface area (Å²) >= 11 is 0. The van der Waals surface area contributed by atoms with E-state index in [1.165, 1.54) is 0 Å². The van der Waals surface area contributed by atoms with Gasteiger partial charge in [0.15, 0.2) is 0 Å². The molecule has 1 amide bonds.